The van der Waals surface area contributed by atoms with Gasteiger partial charge in [-0.25, -0.2) is 0 Å². The van der Waals surface area contributed by atoms with E-state index in [1.54, 1.807) is 21.3 Å². The number of ether oxygens (including phenoxy) is 3. The van der Waals surface area contributed by atoms with Gasteiger partial charge in [0.2, 0.25) is 0 Å². The number of hydrogen-bond acceptors (Lipinski definition) is 4. The fourth-order valence-corrected chi connectivity index (χ4v) is 4.13. The zero-order chi connectivity index (χ0) is 22.2. The van der Waals surface area contributed by atoms with E-state index in [1.807, 2.05) is 30.3 Å². The highest BCUT2D eigenvalue weighted by molar-refractivity contribution is 5.76. The van der Waals surface area contributed by atoms with Crippen LogP contribution in [0.2, 0.25) is 0 Å². The van der Waals surface area contributed by atoms with Crippen LogP contribution >= 0.6 is 0 Å². The van der Waals surface area contributed by atoms with Gasteiger partial charge in [-0.15, -0.1) is 0 Å². The third-order valence-corrected chi connectivity index (χ3v) is 6.03. The fraction of sp³-hybridized carbons (Fsp3) is 0.458. The second-order valence-corrected chi connectivity index (χ2v) is 8.08. The van der Waals surface area contributed by atoms with Crippen molar-refractivity contribution in [1.29, 1.82) is 0 Å². The molecule has 0 unspecified atom stereocenters. The minimum atomic E-state index is 0.0834. The largest absolute Gasteiger partial charge is 0.496 e. The summed E-state index contributed by atoms with van der Waals surface area (Å²) in [4.78, 5) is 15.3. The molecule has 0 bridgehead atoms. The van der Waals surface area contributed by atoms with Gasteiger partial charge in [-0.1, -0.05) is 18.2 Å². The van der Waals surface area contributed by atoms with Gasteiger partial charge in [0.1, 0.15) is 38.5 Å². The lowest BCUT2D eigenvalue weighted by molar-refractivity contribution is -1.02. The molecule has 0 aliphatic carbocycles. The van der Waals surface area contributed by atoms with Crippen molar-refractivity contribution in [1.82, 2.24) is 5.32 Å². The lowest BCUT2D eigenvalue weighted by Crippen LogP contribution is -3.28. The smallest absolute Gasteiger partial charge is 0.275 e. The lowest BCUT2D eigenvalue weighted by Gasteiger charge is -2.29. The number of hydrogen-bond donors (Lipinski definition) is 3. The monoisotopic (exact) mass is 429 g/mol. The third-order valence-electron chi connectivity index (χ3n) is 6.03. The van der Waals surface area contributed by atoms with Crippen molar-refractivity contribution in [2.24, 2.45) is 0 Å². The van der Waals surface area contributed by atoms with Crippen molar-refractivity contribution in [3.05, 3.63) is 53.1 Å². The SMILES string of the molecule is COc1ccccc1CNC(=O)C[NH+]1CC[NH+](Cc2cc(OC)c(OC)cc2C)CC1. The van der Waals surface area contributed by atoms with Crippen molar-refractivity contribution in [2.45, 2.75) is 20.0 Å². The number of quaternary nitrogens is 2. The van der Waals surface area contributed by atoms with Crippen molar-refractivity contribution in [2.75, 3.05) is 54.1 Å². The van der Waals surface area contributed by atoms with Gasteiger partial charge in [0.15, 0.2) is 18.0 Å². The van der Waals surface area contributed by atoms with E-state index in [0.29, 0.717) is 13.1 Å². The van der Waals surface area contributed by atoms with E-state index in [1.165, 1.54) is 20.9 Å². The van der Waals surface area contributed by atoms with Gasteiger partial charge < -0.3 is 29.3 Å². The molecule has 0 spiro atoms. The number of methoxy groups -OCH3 is 3. The highest BCUT2D eigenvalue weighted by atomic mass is 16.5. The summed E-state index contributed by atoms with van der Waals surface area (Å²) in [6.07, 6.45) is 0. The summed E-state index contributed by atoms with van der Waals surface area (Å²) < 4.78 is 16.2. The Hall–Kier alpha value is -2.77. The highest BCUT2D eigenvalue weighted by Gasteiger charge is 2.25. The predicted octanol–water partition coefficient (Wildman–Crippen LogP) is -0.379. The summed E-state index contributed by atoms with van der Waals surface area (Å²) >= 11 is 0. The van der Waals surface area contributed by atoms with Crippen LogP contribution in [0.3, 0.4) is 0 Å². The molecule has 1 fully saturated rings. The molecule has 0 atom stereocenters. The lowest BCUT2D eigenvalue weighted by atomic mass is 10.1. The average Bonchev–Trinajstić information content (AvgIpc) is 2.80. The molecule has 31 heavy (non-hydrogen) atoms. The maximum absolute atomic E-state index is 12.4. The molecule has 7 heteroatoms. The number of nitrogens with one attached hydrogen (secondary N) is 3. The van der Waals surface area contributed by atoms with Gasteiger partial charge in [0.25, 0.3) is 5.91 Å². The van der Waals surface area contributed by atoms with Gasteiger partial charge >= 0.3 is 0 Å². The first kappa shape index (κ1) is 22.9. The first-order chi connectivity index (χ1) is 15.0. The number of piperazine rings is 1. The molecule has 7 nitrogen and oxygen atoms in total. The van der Waals surface area contributed by atoms with Crippen LogP contribution in [0.5, 0.6) is 17.2 Å². The standard InChI is InChI=1S/C24H33N3O4/c1-18-13-22(30-3)23(31-4)14-20(18)16-26-9-11-27(12-10-26)17-24(28)25-15-19-7-5-6-8-21(19)29-2/h5-8,13-14H,9-12,15-17H2,1-4H3,(H,25,28)/p+2. The zero-order valence-corrected chi connectivity index (χ0v) is 19.0. The maximum Gasteiger partial charge on any atom is 0.275 e. The minimum absolute atomic E-state index is 0.0834. The van der Waals surface area contributed by atoms with E-state index in [9.17, 15) is 4.79 Å². The van der Waals surface area contributed by atoms with E-state index in [0.717, 1.165) is 55.5 Å². The van der Waals surface area contributed by atoms with E-state index in [-0.39, 0.29) is 5.91 Å². The highest BCUT2D eigenvalue weighted by Crippen LogP contribution is 2.29. The first-order valence-corrected chi connectivity index (χ1v) is 10.8. The van der Waals surface area contributed by atoms with Crippen LogP contribution in [0.15, 0.2) is 36.4 Å². The fourth-order valence-electron chi connectivity index (χ4n) is 4.13. The summed E-state index contributed by atoms with van der Waals surface area (Å²) in [5.74, 6) is 2.43. The molecule has 0 radical (unpaired) electrons. The molecule has 2 aromatic rings. The van der Waals surface area contributed by atoms with E-state index in [4.69, 9.17) is 14.2 Å². The summed E-state index contributed by atoms with van der Waals surface area (Å²) in [7, 11) is 4.98. The van der Waals surface area contributed by atoms with Crippen molar-refractivity contribution < 1.29 is 28.8 Å². The molecule has 168 valence electrons. The third kappa shape index (κ3) is 6.12. The van der Waals surface area contributed by atoms with Gasteiger partial charge in [-0.05, 0) is 30.7 Å². The maximum atomic E-state index is 12.4. The number of benzene rings is 2. The quantitative estimate of drug-likeness (QED) is 0.509. The molecule has 1 amide bonds. The van der Waals surface area contributed by atoms with Crippen molar-refractivity contribution in [3.63, 3.8) is 0 Å². The summed E-state index contributed by atoms with van der Waals surface area (Å²) in [5.41, 5.74) is 3.49. The van der Waals surface area contributed by atoms with Gasteiger partial charge in [-0.3, -0.25) is 4.79 Å². The zero-order valence-electron chi connectivity index (χ0n) is 19.0. The second-order valence-electron chi connectivity index (χ2n) is 8.08. The Labute approximate surface area is 184 Å². The Kier molecular flexibility index (Phi) is 8.14. The first-order valence-electron chi connectivity index (χ1n) is 10.8. The van der Waals surface area contributed by atoms with Gasteiger partial charge in [0.05, 0.1) is 21.3 Å². The van der Waals surface area contributed by atoms with Gasteiger partial charge in [0, 0.05) is 17.7 Å². The summed E-state index contributed by atoms with van der Waals surface area (Å²) in [6, 6.07) is 11.9. The van der Waals surface area contributed by atoms with Crippen molar-refractivity contribution in [3.8, 4) is 17.2 Å². The number of carbonyl (C=O) groups is 1. The Morgan fingerprint density at radius 2 is 1.48 bits per heavy atom. The summed E-state index contributed by atoms with van der Waals surface area (Å²) in [6.45, 7) is 8.15. The normalized spacial score (nSPS) is 18.3. The molecule has 1 heterocycles. The molecular formula is C24H35N3O4+2. The molecule has 0 saturated carbocycles. The Balaban J connectivity index is 1.46. The molecule has 1 saturated heterocycles. The number of carbonyl (C=O) groups excluding carboxylic acids is 1. The molecule has 1 aliphatic heterocycles. The average molecular weight is 430 g/mol. The number of aryl methyl sites for hydroxylation is 1. The van der Waals surface area contributed by atoms with Crippen molar-refractivity contribution >= 4 is 5.91 Å². The van der Waals surface area contributed by atoms with Crippen LogP contribution in [0.4, 0.5) is 0 Å². The van der Waals surface area contributed by atoms with Crippen LogP contribution < -0.4 is 29.3 Å². The number of rotatable bonds is 9. The second kappa shape index (κ2) is 11.0. The Morgan fingerprint density at radius 3 is 2.16 bits per heavy atom. The van der Waals surface area contributed by atoms with Crippen LogP contribution in [-0.4, -0.2) is 60.0 Å². The van der Waals surface area contributed by atoms with E-state index in [2.05, 4.69) is 18.3 Å². The summed E-state index contributed by atoms with van der Waals surface area (Å²) in [5, 5.41) is 3.03. The molecule has 3 N–H and O–H groups in total. The van der Waals surface area contributed by atoms with Crippen LogP contribution in [0.25, 0.3) is 0 Å². The topological polar surface area (TPSA) is 65.7 Å². The molecule has 0 aromatic heterocycles. The molecule has 3 rings (SSSR count). The number of amides is 1. The van der Waals surface area contributed by atoms with Gasteiger partial charge in [-0.2, -0.15) is 0 Å². The molecule has 2 aromatic carbocycles. The molecular weight excluding hydrogens is 394 g/mol. The van der Waals surface area contributed by atoms with Crippen LogP contribution in [0, 0.1) is 6.92 Å². The van der Waals surface area contributed by atoms with E-state index < -0.39 is 0 Å². The van der Waals surface area contributed by atoms with E-state index >= 15 is 0 Å². The Bertz CT molecular complexity index is 879. The number of para-hydroxylation sites is 1. The molecule has 1 aliphatic rings. The Morgan fingerprint density at radius 1 is 0.871 bits per heavy atom. The minimum Gasteiger partial charge on any atom is -0.496 e. The predicted molar refractivity (Wildman–Crippen MR) is 119 cm³/mol. The van der Waals surface area contributed by atoms with Crippen LogP contribution in [-0.2, 0) is 17.9 Å². The van der Waals surface area contributed by atoms with Crippen LogP contribution in [0.1, 0.15) is 16.7 Å².